The number of carbonyl (C=O) groups is 1. The molecule has 0 bridgehead atoms. The Morgan fingerprint density at radius 3 is 2.79 bits per heavy atom. The average molecular weight is 212 g/mol. The molecule has 1 aromatic carbocycles. The Hall–Kier alpha value is -1.69. The molecule has 14 heavy (non-hydrogen) atoms. The molecule has 3 N–H and O–H groups in total. The van der Waals surface area contributed by atoms with Crippen LogP contribution in [0.3, 0.4) is 0 Å². The molecular weight excluding hydrogens is 207 g/mol. The second kappa shape index (κ2) is 2.91. The Kier molecular flexibility index (Phi) is 1.85. The number of H-pyrrole nitrogens is 2. The van der Waals surface area contributed by atoms with Gasteiger partial charge in [0.2, 0.25) is 0 Å². The standard InChI is InChI=1S/C8H5FN2O2S/c9-3-1-4(7(12)13)6-5(2-3)10-8(14)11-6/h1-2H,(H,12,13)(H2,10,11,14). The van der Waals surface area contributed by atoms with E-state index in [-0.39, 0.29) is 10.3 Å². The summed E-state index contributed by atoms with van der Waals surface area (Å²) < 4.78 is 13.2. The van der Waals surface area contributed by atoms with Crippen molar-refractivity contribution in [1.29, 1.82) is 0 Å². The Morgan fingerprint density at radius 1 is 1.43 bits per heavy atom. The number of aromatic carboxylic acids is 1. The molecular formula is C8H5FN2O2S. The molecule has 0 amide bonds. The van der Waals surface area contributed by atoms with Crippen molar-refractivity contribution < 1.29 is 14.3 Å². The van der Waals surface area contributed by atoms with E-state index in [1.54, 1.807) is 0 Å². The lowest BCUT2D eigenvalue weighted by Gasteiger charge is -1.96. The maximum absolute atomic E-state index is 12.9. The van der Waals surface area contributed by atoms with E-state index in [1.807, 2.05) is 0 Å². The van der Waals surface area contributed by atoms with Gasteiger partial charge in [0.25, 0.3) is 0 Å². The van der Waals surface area contributed by atoms with Crippen molar-refractivity contribution in [3.05, 3.63) is 28.3 Å². The van der Waals surface area contributed by atoms with Gasteiger partial charge < -0.3 is 15.1 Å². The molecule has 0 aliphatic carbocycles. The van der Waals surface area contributed by atoms with E-state index in [0.717, 1.165) is 6.07 Å². The summed E-state index contributed by atoms with van der Waals surface area (Å²) in [7, 11) is 0. The van der Waals surface area contributed by atoms with Gasteiger partial charge >= 0.3 is 5.97 Å². The highest BCUT2D eigenvalue weighted by molar-refractivity contribution is 7.71. The van der Waals surface area contributed by atoms with E-state index >= 15 is 0 Å². The first-order valence-electron chi connectivity index (χ1n) is 3.73. The fourth-order valence-electron chi connectivity index (χ4n) is 1.28. The van der Waals surface area contributed by atoms with Crippen LogP contribution < -0.4 is 0 Å². The van der Waals surface area contributed by atoms with Gasteiger partial charge in [-0.05, 0) is 24.4 Å². The van der Waals surface area contributed by atoms with Gasteiger partial charge in [-0.1, -0.05) is 0 Å². The van der Waals surface area contributed by atoms with Crippen molar-refractivity contribution in [1.82, 2.24) is 9.97 Å². The summed E-state index contributed by atoms with van der Waals surface area (Å²) in [6.45, 7) is 0. The highest BCUT2D eigenvalue weighted by Gasteiger charge is 2.12. The number of aromatic nitrogens is 2. The predicted molar refractivity (Wildman–Crippen MR) is 50.4 cm³/mol. The topological polar surface area (TPSA) is 68.9 Å². The Bertz CT molecular complexity index is 572. The second-order valence-corrected chi connectivity index (χ2v) is 3.17. The molecule has 2 rings (SSSR count). The van der Waals surface area contributed by atoms with Crippen molar-refractivity contribution in [3.63, 3.8) is 0 Å². The maximum Gasteiger partial charge on any atom is 0.338 e. The van der Waals surface area contributed by atoms with Crippen LogP contribution in [0.4, 0.5) is 4.39 Å². The van der Waals surface area contributed by atoms with E-state index < -0.39 is 11.8 Å². The highest BCUT2D eigenvalue weighted by Crippen LogP contribution is 2.17. The van der Waals surface area contributed by atoms with Gasteiger partial charge in [0.05, 0.1) is 16.6 Å². The lowest BCUT2D eigenvalue weighted by atomic mass is 10.2. The molecule has 0 aliphatic rings. The molecule has 0 saturated heterocycles. The molecule has 0 atom stereocenters. The third-order valence-electron chi connectivity index (χ3n) is 1.82. The Labute approximate surface area is 82.4 Å². The average Bonchev–Trinajstić information content (AvgIpc) is 2.42. The zero-order chi connectivity index (χ0) is 10.3. The minimum absolute atomic E-state index is 0.132. The number of carboxylic acid groups (broad SMARTS) is 1. The van der Waals surface area contributed by atoms with E-state index in [1.165, 1.54) is 6.07 Å². The molecule has 0 saturated carbocycles. The van der Waals surface area contributed by atoms with Gasteiger partial charge in [0.1, 0.15) is 5.82 Å². The van der Waals surface area contributed by atoms with Crippen LogP contribution in [0, 0.1) is 10.6 Å². The molecule has 0 spiro atoms. The highest BCUT2D eigenvalue weighted by atomic mass is 32.1. The number of imidazole rings is 1. The summed E-state index contributed by atoms with van der Waals surface area (Å²) in [5, 5.41) is 8.78. The van der Waals surface area contributed by atoms with E-state index in [9.17, 15) is 9.18 Å². The largest absolute Gasteiger partial charge is 0.478 e. The molecule has 1 heterocycles. The third kappa shape index (κ3) is 1.29. The summed E-state index contributed by atoms with van der Waals surface area (Å²) in [6, 6.07) is 2.14. The van der Waals surface area contributed by atoms with Gasteiger partial charge in [-0.3, -0.25) is 0 Å². The first kappa shape index (κ1) is 8.89. The second-order valence-electron chi connectivity index (χ2n) is 2.76. The predicted octanol–water partition coefficient (Wildman–Crippen LogP) is 2.06. The van der Waals surface area contributed by atoms with Gasteiger partial charge in [0, 0.05) is 0 Å². The van der Waals surface area contributed by atoms with Gasteiger partial charge in [-0.2, -0.15) is 0 Å². The first-order valence-corrected chi connectivity index (χ1v) is 4.13. The van der Waals surface area contributed by atoms with Gasteiger partial charge in [-0.25, -0.2) is 9.18 Å². The summed E-state index contributed by atoms with van der Waals surface area (Å²) in [5.74, 6) is -1.81. The van der Waals surface area contributed by atoms with Crippen molar-refractivity contribution in [2.24, 2.45) is 0 Å². The molecule has 0 fully saturated rings. The number of aromatic amines is 2. The van der Waals surface area contributed by atoms with Crippen LogP contribution in [0.25, 0.3) is 11.0 Å². The fraction of sp³-hybridized carbons (Fsp3) is 0. The number of carboxylic acids is 1. The lowest BCUT2D eigenvalue weighted by molar-refractivity contribution is 0.0698. The normalized spacial score (nSPS) is 10.6. The third-order valence-corrected chi connectivity index (χ3v) is 2.02. The Balaban J connectivity index is 2.92. The van der Waals surface area contributed by atoms with Gasteiger partial charge in [0.15, 0.2) is 4.77 Å². The molecule has 1 aromatic heterocycles. The van der Waals surface area contributed by atoms with Crippen molar-refractivity contribution in [2.45, 2.75) is 0 Å². The summed E-state index contributed by atoms with van der Waals surface area (Å²) in [4.78, 5) is 16.0. The van der Waals surface area contributed by atoms with Crippen molar-refractivity contribution in [2.75, 3.05) is 0 Å². The fourth-order valence-corrected chi connectivity index (χ4v) is 1.49. The van der Waals surface area contributed by atoms with Crippen LogP contribution in [0.5, 0.6) is 0 Å². The number of hydrogen-bond donors (Lipinski definition) is 3. The quantitative estimate of drug-likeness (QED) is 0.634. The van der Waals surface area contributed by atoms with Crippen LogP contribution in [0.2, 0.25) is 0 Å². The monoisotopic (exact) mass is 212 g/mol. The SMILES string of the molecule is O=C(O)c1cc(F)cc2[nH]c(=S)[nH]c12. The number of fused-ring (bicyclic) bond motifs is 1. The van der Waals surface area contributed by atoms with Crippen molar-refractivity contribution in [3.8, 4) is 0 Å². The number of nitrogens with one attached hydrogen (secondary N) is 2. The number of rotatable bonds is 1. The summed E-state index contributed by atoms with van der Waals surface area (Å²) in [6.07, 6.45) is 0. The smallest absolute Gasteiger partial charge is 0.338 e. The summed E-state index contributed by atoms with van der Waals surface area (Å²) >= 11 is 4.78. The number of halogens is 1. The minimum atomic E-state index is -1.19. The molecule has 6 heteroatoms. The molecule has 0 unspecified atom stereocenters. The number of hydrogen-bond acceptors (Lipinski definition) is 2. The molecule has 2 aromatic rings. The van der Waals surface area contributed by atoms with Crippen molar-refractivity contribution >= 4 is 29.2 Å². The lowest BCUT2D eigenvalue weighted by Crippen LogP contribution is -1.98. The zero-order valence-corrected chi connectivity index (χ0v) is 7.61. The van der Waals surface area contributed by atoms with Crippen LogP contribution >= 0.6 is 12.2 Å². The first-order chi connectivity index (χ1) is 6.58. The van der Waals surface area contributed by atoms with Crippen LogP contribution in [-0.4, -0.2) is 21.0 Å². The number of benzene rings is 1. The van der Waals surface area contributed by atoms with E-state index in [2.05, 4.69) is 9.97 Å². The van der Waals surface area contributed by atoms with E-state index in [0.29, 0.717) is 11.0 Å². The Morgan fingerprint density at radius 2 is 2.14 bits per heavy atom. The maximum atomic E-state index is 12.9. The summed E-state index contributed by atoms with van der Waals surface area (Å²) in [5.41, 5.74) is 0.531. The van der Waals surface area contributed by atoms with Gasteiger partial charge in [-0.15, -0.1) is 0 Å². The molecule has 4 nitrogen and oxygen atoms in total. The minimum Gasteiger partial charge on any atom is -0.478 e. The van der Waals surface area contributed by atoms with Crippen LogP contribution in [0.1, 0.15) is 10.4 Å². The molecule has 72 valence electrons. The molecule has 0 radical (unpaired) electrons. The van der Waals surface area contributed by atoms with Crippen LogP contribution in [-0.2, 0) is 0 Å². The van der Waals surface area contributed by atoms with Crippen LogP contribution in [0.15, 0.2) is 12.1 Å². The zero-order valence-electron chi connectivity index (χ0n) is 6.80. The molecule has 0 aliphatic heterocycles. The van der Waals surface area contributed by atoms with E-state index in [4.69, 9.17) is 17.3 Å².